The fourth-order valence-electron chi connectivity index (χ4n) is 3.23. The summed E-state index contributed by atoms with van der Waals surface area (Å²) in [7, 11) is 3.98. The van der Waals surface area contributed by atoms with E-state index < -0.39 is 34.4 Å². The number of hydrogen-bond donors (Lipinski definition) is 2. The van der Waals surface area contributed by atoms with E-state index in [0.29, 0.717) is 11.3 Å². The molecule has 0 saturated heterocycles. The van der Waals surface area contributed by atoms with Gasteiger partial charge in [-0.25, -0.2) is 0 Å². The number of methoxy groups -OCH3 is 3. The fraction of sp³-hybridized carbons (Fsp3) is 0.304. The van der Waals surface area contributed by atoms with Crippen LogP contribution >= 0.6 is 0 Å². The van der Waals surface area contributed by atoms with Crippen molar-refractivity contribution in [3.63, 3.8) is 0 Å². The average Bonchev–Trinajstić information content (AvgIpc) is 2.76. The van der Waals surface area contributed by atoms with Crippen LogP contribution in [0.2, 0.25) is 0 Å². The SMILES string of the molecule is COc1ccc(-c2oc3c(OC(=O)CC(C)C)c(O)c(OC)c(O)c3c(=O)c2OC)cc1. The Balaban J connectivity index is 2.37. The first kappa shape index (κ1) is 22.8. The Morgan fingerprint density at radius 1 is 0.938 bits per heavy atom. The summed E-state index contributed by atoms with van der Waals surface area (Å²) in [6.45, 7) is 3.65. The minimum Gasteiger partial charge on any atom is -0.504 e. The van der Waals surface area contributed by atoms with Gasteiger partial charge in [0.2, 0.25) is 28.4 Å². The molecule has 1 heterocycles. The Hall–Kier alpha value is -3.88. The van der Waals surface area contributed by atoms with Crippen LogP contribution in [0.5, 0.6) is 34.5 Å². The smallest absolute Gasteiger partial charge is 0.311 e. The molecule has 0 unspecified atom stereocenters. The van der Waals surface area contributed by atoms with Crippen molar-refractivity contribution in [1.82, 2.24) is 0 Å². The molecule has 2 aromatic carbocycles. The molecule has 9 heteroatoms. The van der Waals surface area contributed by atoms with Gasteiger partial charge >= 0.3 is 5.97 Å². The molecule has 0 saturated carbocycles. The van der Waals surface area contributed by atoms with Gasteiger partial charge in [0.15, 0.2) is 17.1 Å². The number of rotatable bonds is 7. The quantitative estimate of drug-likeness (QED) is 0.413. The molecule has 170 valence electrons. The Kier molecular flexibility index (Phi) is 6.47. The molecule has 0 aliphatic rings. The van der Waals surface area contributed by atoms with Gasteiger partial charge in [0, 0.05) is 12.0 Å². The number of carbonyl (C=O) groups is 1. The lowest BCUT2D eigenvalue weighted by molar-refractivity contribution is -0.135. The van der Waals surface area contributed by atoms with Crippen LogP contribution in [-0.2, 0) is 4.79 Å². The van der Waals surface area contributed by atoms with Crippen molar-refractivity contribution in [3.8, 4) is 45.8 Å². The van der Waals surface area contributed by atoms with E-state index in [9.17, 15) is 19.8 Å². The minimum absolute atomic E-state index is 0.0118. The van der Waals surface area contributed by atoms with Crippen LogP contribution in [0.3, 0.4) is 0 Å². The number of phenolic OH excluding ortho intramolecular Hbond substituents is 2. The molecule has 32 heavy (non-hydrogen) atoms. The van der Waals surface area contributed by atoms with Gasteiger partial charge in [-0.1, -0.05) is 13.8 Å². The van der Waals surface area contributed by atoms with Crippen molar-refractivity contribution >= 4 is 16.9 Å². The molecule has 0 spiro atoms. The number of benzene rings is 2. The monoisotopic (exact) mass is 444 g/mol. The molecule has 3 rings (SSSR count). The molecule has 3 aromatic rings. The van der Waals surface area contributed by atoms with Crippen molar-refractivity contribution in [2.45, 2.75) is 20.3 Å². The van der Waals surface area contributed by atoms with Crippen LogP contribution < -0.4 is 24.4 Å². The number of phenols is 2. The number of ether oxygens (including phenoxy) is 4. The maximum absolute atomic E-state index is 13.2. The third-order valence-electron chi connectivity index (χ3n) is 4.71. The second-order valence-corrected chi connectivity index (χ2v) is 7.36. The van der Waals surface area contributed by atoms with Crippen LogP contribution in [-0.4, -0.2) is 37.5 Å². The first-order chi connectivity index (χ1) is 15.2. The highest BCUT2D eigenvalue weighted by molar-refractivity contribution is 5.97. The van der Waals surface area contributed by atoms with Crippen LogP contribution in [0, 0.1) is 5.92 Å². The predicted molar refractivity (Wildman–Crippen MR) is 116 cm³/mol. The first-order valence-electron chi connectivity index (χ1n) is 9.75. The van der Waals surface area contributed by atoms with Gasteiger partial charge in [0.25, 0.3) is 0 Å². The minimum atomic E-state index is -0.739. The van der Waals surface area contributed by atoms with Crippen molar-refractivity contribution < 1.29 is 38.4 Å². The Morgan fingerprint density at radius 3 is 2.09 bits per heavy atom. The fourth-order valence-corrected chi connectivity index (χ4v) is 3.23. The maximum atomic E-state index is 13.2. The van der Waals surface area contributed by atoms with Gasteiger partial charge in [0.05, 0.1) is 21.3 Å². The Labute approximate surface area is 183 Å². The summed E-state index contributed by atoms with van der Waals surface area (Å²) in [5.74, 6) is -2.49. The molecule has 0 aliphatic carbocycles. The number of aromatic hydroxyl groups is 2. The summed E-state index contributed by atoms with van der Waals surface area (Å²) in [6, 6.07) is 6.59. The van der Waals surface area contributed by atoms with Crippen LogP contribution in [0.1, 0.15) is 20.3 Å². The molecule has 0 fully saturated rings. The standard InChI is InChI=1S/C23H24O9/c1-11(2)10-14(24)31-23-18(27)21(29-4)16(25)15-17(26)22(30-5)19(32-20(15)23)12-6-8-13(28-3)9-7-12/h6-9,11,25,27H,10H2,1-5H3. The number of carbonyl (C=O) groups excluding carboxylic acids is 1. The van der Waals surface area contributed by atoms with E-state index in [1.165, 1.54) is 21.3 Å². The predicted octanol–water partition coefficient (Wildman–Crippen LogP) is 3.85. The maximum Gasteiger partial charge on any atom is 0.311 e. The topological polar surface area (TPSA) is 125 Å². The van der Waals surface area contributed by atoms with Gasteiger partial charge < -0.3 is 33.6 Å². The lowest BCUT2D eigenvalue weighted by Crippen LogP contribution is -2.13. The van der Waals surface area contributed by atoms with E-state index >= 15 is 0 Å². The molecule has 1 aromatic heterocycles. The van der Waals surface area contributed by atoms with Gasteiger partial charge in [0.1, 0.15) is 11.1 Å². The third-order valence-corrected chi connectivity index (χ3v) is 4.71. The van der Waals surface area contributed by atoms with E-state index in [2.05, 4.69) is 0 Å². The third kappa shape index (κ3) is 4.01. The molecule has 2 N–H and O–H groups in total. The van der Waals surface area contributed by atoms with E-state index in [0.717, 1.165) is 0 Å². The van der Waals surface area contributed by atoms with Gasteiger partial charge in [-0.2, -0.15) is 0 Å². The van der Waals surface area contributed by atoms with Crippen molar-refractivity contribution in [1.29, 1.82) is 0 Å². The lowest BCUT2D eigenvalue weighted by atomic mass is 10.1. The van der Waals surface area contributed by atoms with E-state index in [1.807, 2.05) is 13.8 Å². The molecule has 0 radical (unpaired) electrons. The molecular weight excluding hydrogens is 420 g/mol. The molecule has 0 bridgehead atoms. The van der Waals surface area contributed by atoms with Crippen LogP contribution in [0.25, 0.3) is 22.3 Å². The van der Waals surface area contributed by atoms with Crippen molar-refractivity contribution in [3.05, 3.63) is 34.5 Å². The largest absolute Gasteiger partial charge is 0.504 e. The number of esters is 1. The molecule has 0 amide bonds. The summed E-state index contributed by atoms with van der Waals surface area (Å²) >= 11 is 0. The average molecular weight is 444 g/mol. The Morgan fingerprint density at radius 2 is 1.56 bits per heavy atom. The molecule has 0 atom stereocenters. The normalized spacial score (nSPS) is 10.9. The summed E-state index contributed by atoms with van der Waals surface area (Å²) < 4.78 is 26.7. The molecule has 0 aliphatic heterocycles. The first-order valence-corrected chi connectivity index (χ1v) is 9.75. The number of hydrogen-bond acceptors (Lipinski definition) is 9. The number of fused-ring (bicyclic) bond motifs is 1. The molecular formula is C23H24O9. The van der Waals surface area contributed by atoms with E-state index in [-0.39, 0.29) is 34.8 Å². The second-order valence-electron chi connectivity index (χ2n) is 7.36. The summed E-state index contributed by atoms with van der Waals surface area (Å²) in [4.78, 5) is 25.6. The van der Waals surface area contributed by atoms with Crippen LogP contribution in [0.4, 0.5) is 0 Å². The zero-order valence-corrected chi connectivity index (χ0v) is 18.3. The zero-order valence-electron chi connectivity index (χ0n) is 18.3. The summed E-state index contributed by atoms with van der Waals surface area (Å²) in [5, 5.41) is 20.9. The van der Waals surface area contributed by atoms with E-state index in [4.69, 9.17) is 23.4 Å². The molecule has 9 nitrogen and oxygen atoms in total. The van der Waals surface area contributed by atoms with Gasteiger partial charge in [-0.15, -0.1) is 0 Å². The highest BCUT2D eigenvalue weighted by atomic mass is 16.6. The van der Waals surface area contributed by atoms with Crippen LogP contribution in [0.15, 0.2) is 33.5 Å². The Bertz CT molecular complexity index is 1210. The highest BCUT2D eigenvalue weighted by Gasteiger charge is 2.30. The van der Waals surface area contributed by atoms with Gasteiger partial charge in [-0.05, 0) is 30.2 Å². The van der Waals surface area contributed by atoms with Crippen molar-refractivity contribution in [2.24, 2.45) is 5.92 Å². The van der Waals surface area contributed by atoms with E-state index in [1.54, 1.807) is 24.3 Å². The van der Waals surface area contributed by atoms with Crippen molar-refractivity contribution in [2.75, 3.05) is 21.3 Å². The second kappa shape index (κ2) is 9.09. The van der Waals surface area contributed by atoms with Gasteiger partial charge in [-0.3, -0.25) is 9.59 Å². The zero-order chi connectivity index (χ0) is 23.6. The highest BCUT2D eigenvalue weighted by Crippen LogP contribution is 2.50. The lowest BCUT2D eigenvalue weighted by Gasteiger charge is -2.16. The summed E-state index contributed by atoms with van der Waals surface area (Å²) in [5.41, 5.74) is -0.609. The summed E-state index contributed by atoms with van der Waals surface area (Å²) in [6.07, 6.45) is 0.0514.